The molecule has 0 saturated heterocycles. The van der Waals surface area contributed by atoms with Gasteiger partial charge in [0, 0.05) is 0 Å². The minimum Gasteiger partial charge on any atom is -0.366 e. The van der Waals surface area contributed by atoms with Crippen LogP contribution < -0.4 is 0 Å². The van der Waals surface area contributed by atoms with E-state index in [2.05, 4.69) is 38.1 Å². The zero-order valence-electron chi connectivity index (χ0n) is 13.6. The van der Waals surface area contributed by atoms with Gasteiger partial charge in [-0.25, -0.2) is 0 Å². The predicted molar refractivity (Wildman–Crippen MR) is 94.6 cm³/mol. The molecule has 0 amide bonds. The van der Waals surface area contributed by atoms with Crippen LogP contribution in [0.3, 0.4) is 0 Å². The summed E-state index contributed by atoms with van der Waals surface area (Å²) >= 11 is 0. The molecule has 0 bridgehead atoms. The van der Waals surface area contributed by atoms with E-state index in [1.54, 1.807) is 0 Å². The Balaban J connectivity index is 0.000000200. The molecule has 0 aliphatic heterocycles. The molecule has 0 aromatic heterocycles. The summed E-state index contributed by atoms with van der Waals surface area (Å²) in [5.74, 6) is 0. The standard InChI is InChI=1S/C12H14.2C5H5.Ti/c1-12(2)8-7-10-5-3-4-6-11(10)9-12;2*1-2-4-5-3-1;/h3-6H,1-2,7-9H2;2*1-5H;/q-2;;;+2. The van der Waals surface area contributed by atoms with Gasteiger partial charge in [-0.1, -0.05) is 37.1 Å². The molecular weight excluding hydrogens is 312 g/mol. The van der Waals surface area contributed by atoms with Crippen molar-refractivity contribution in [2.24, 2.45) is 5.41 Å². The van der Waals surface area contributed by atoms with Crippen molar-refractivity contribution in [3.8, 4) is 0 Å². The van der Waals surface area contributed by atoms with Gasteiger partial charge in [0.25, 0.3) is 0 Å². The first-order valence-electron chi connectivity index (χ1n) is 7.78. The first-order valence-corrected chi connectivity index (χ1v) is 7.78. The molecule has 0 nitrogen and oxygen atoms in total. The molecule has 3 aliphatic rings. The zero-order chi connectivity index (χ0) is 15.7. The van der Waals surface area contributed by atoms with Crippen molar-refractivity contribution >= 4 is 0 Å². The molecule has 0 N–H and O–H groups in total. The van der Waals surface area contributed by atoms with E-state index in [1.165, 1.54) is 11.1 Å². The summed E-state index contributed by atoms with van der Waals surface area (Å²) in [5.41, 5.74) is 2.95. The second-order valence-corrected chi connectivity index (χ2v) is 5.87. The largest absolute Gasteiger partial charge is 2.00 e. The molecule has 23 heavy (non-hydrogen) atoms. The molecular formula is C22H24Ti. The van der Waals surface area contributed by atoms with Gasteiger partial charge >= 0.3 is 21.7 Å². The Hall–Kier alpha value is -0.0657. The summed E-state index contributed by atoms with van der Waals surface area (Å²) in [6.45, 7) is 8.23. The van der Waals surface area contributed by atoms with Crippen molar-refractivity contribution in [2.45, 2.75) is 19.3 Å². The van der Waals surface area contributed by atoms with E-state index in [1.807, 2.05) is 64.2 Å². The van der Waals surface area contributed by atoms with Gasteiger partial charge in [-0.3, -0.25) is 5.41 Å². The van der Waals surface area contributed by atoms with Crippen molar-refractivity contribution in [3.63, 3.8) is 0 Å². The zero-order valence-corrected chi connectivity index (χ0v) is 15.2. The normalized spacial score (nSPS) is 21.0. The molecule has 1 aromatic carbocycles. The molecule has 2 saturated carbocycles. The Bertz CT molecular complexity index is 389. The molecule has 10 radical (unpaired) electrons. The molecule has 2 fully saturated rings. The van der Waals surface area contributed by atoms with Crippen LogP contribution in [0.25, 0.3) is 0 Å². The van der Waals surface area contributed by atoms with Crippen molar-refractivity contribution in [3.05, 3.63) is 113 Å². The number of hydrogen-bond donors (Lipinski definition) is 0. The van der Waals surface area contributed by atoms with E-state index in [-0.39, 0.29) is 27.1 Å². The minimum absolute atomic E-state index is 0. The van der Waals surface area contributed by atoms with Gasteiger partial charge < -0.3 is 13.8 Å². The van der Waals surface area contributed by atoms with Crippen LogP contribution in [-0.4, -0.2) is 0 Å². The molecule has 3 aliphatic carbocycles. The van der Waals surface area contributed by atoms with Gasteiger partial charge in [0.2, 0.25) is 0 Å². The number of fused-ring (bicyclic) bond motifs is 1. The second kappa shape index (κ2) is 11.5. The van der Waals surface area contributed by atoms with Crippen LogP contribution in [-0.2, 0) is 34.6 Å². The third-order valence-electron chi connectivity index (χ3n) is 3.72. The van der Waals surface area contributed by atoms with Crippen LogP contribution in [0.5, 0.6) is 0 Å². The maximum absolute atomic E-state index is 4.12. The van der Waals surface area contributed by atoms with Crippen molar-refractivity contribution in [2.75, 3.05) is 0 Å². The van der Waals surface area contributed by atoms with E-state index >= 15 is 0 Å². The number of hydrogen-bond acceptors (Lipinski definition) is 0. The Morgan fingerprint density at radius 2 is 1.04 bits per heavy atom. The molecule has 0 atom stereocenters. The molecule has 4 rings (SSSR count). The van der Waals surface area contributed by atoms with Crippen LogP contribution in [0.15, 0.2) is 24.3 Å². The average Bonchev–Trinajstić information content (AvgIpc) is 3.24. The third kappa shape index (κ3) is 8.55. The van der Waals surface area contributed by atoms with E-state index in [0.717, 1.165) is 19.3 Å². The quantitative estimate of drug-likeness (QED) is 0.468. The summed E-state index contributed by atoms with van der Waals surface area (Å²) in [6.07, 6.45) is 23.3. The van der Waals surface area contributed by atoms with Crippen LogP contribution in [0.1, 0.15) is 17.5 Å². The number of aryl methyl sites for hydroxylation is 1. The van der Waals surface area contributed by atoms with Gasteiger partial charge in [0.1, 0.15) is 0 Å². The third-order valence-corrected chi connectivity index (χ3v) is 3.72. The summed E-state index contributed by atoms with van der Waals surface area (Å²) in [5, 5.41) is 0. The van der Waals surface area contributed by atoms with Gasteiger partial charge in [-0.2, -0.15) is 0 Å². The first kappa shape index (κ1) is 21.0. The van der Waals surface area contributed by atoms with E-state index in [4.69, 9.17) is 0 Å². The van der Waals surface area contributed by atoms with E-state index in [0.29, 0.717) is 0 Å². The summed E-state index contributed by atoms with van der Waals surface area (Å²) < 4.78 is 0. The predicted octanol–water partition coefficient (Wildman–Crippen LogP) is 4.87. The van der Waals surface area contributed by atoms with Crippen LogP contribution >= 0.6 is 0 Å². The smallest absolute Gasteiger partial charge is 0.366 e. The molecule has 0 spiro atoms. The Labute approximate surface area is 159 Å². The van der Waals surface area contributed by atoms with Crippen LogP contribution in [0.4, 0.5) is 0 Å². The fraction of sp³-hybridized carbons (Fsp3) is 0.182. The van der Waals surface area contributed by atoms with E-state index < -0.39 is 0 Å². The van der Waals surface area contributed by atoms with Gasteiger partial charge in [-0.05, 0) is 81.8 Å². The van der Waals surface area contributed by atoms with Gasteiger partial charge in [0.15, 0.2) is 0 Å². The summed E-state index contributed by atoms with van der Waals surface area (Å²) in [6, 6.07) is 8.61. The monoisotopic (exact) mass is 336 g/mol. The fourth-order valence-corrected chi connectivity index (χ4v) is 2.51. The molecule has 1 aromatic rings. The summed E-state index contributed by atoms with van der Waals surface area (Å²) in [7, 11) is 0. The molecule has 116 valence electrons. The van der Waals surface area contributed by atoms with Gasteiger partial charge in [-0.15, -0.1) is 0 Å². The Morgan fingerprint density at radius 1 is 0.652 bits per heavy atom. The van der Waals surface area contributed by atoms with Crippen molar-refractivity contribution < 1.29 is 21.7 Å². The topological polar surface area (TPSA) is 0 Å². The molecule has 0 unspecified atom stereocenters. The minimum atomic E-state index is 0. The number of rotatable bonds is 0. The Morgan fingerprint density at radius 3 is 1.48 bits per heavy atom. The SMILES string of the molecule is [CH2-]C1([CH2-])CCc2ccccc2C1.[CH]1[CH][CH][CH][CH]1.[CH]1[CH][CH][CH][CH]1.[Ti+2]. The van der Waals surface area contributed by atoms with Crippen molar-refractivity contribution in [1.29, 1.82) is 0 Å². The second-order valence-electron chi connectivity index (χ2n) is 5.87. The van der Waals surface area contributed by atoms with Crippen molar-refractivity contribution in [1.82, 2.24) is 0 Å². The summed E-state index contributed by atoms with van der Waals surface area (Å²) in [4.78, 5) is 0. The fourth-order valence-electron chi connectivity index (χ4n) is 2.51. The molecule has 0 heterocycles. The average molecular weight is 336 g/mol. The molecule has 1 heteroatoms. The first-order chi connectivity index (χ1) is 10.7. The van der Waals surface area contributed by atoms with Crippen LogP contribution in [0, 0.1) is 83.5 Å². The Kier molecular flexibility index (Phi) is 10.5. The maximum atomic E-state index is 4.12. The van der Waals surface area contributed by atoms with Gasteiger partial charge in [0.05, 0.1) is 0 Å². The van der Waals surface area contributed by atoms with Crippen LogP contribution in [0.2, 0.25) is 0 Å². The van der Waals surface area contributed by atoms with E-state index in [9.17, 15) is 0 Å². The number of benzene rings is 1. The maximum Gasteiger partial charge on any atom is 2.00 e.